The van der Waals surface area contributed by atoms with Gasteiger partial charge in [0.15, 0.2) is 5.76 Å². The van der Waals surface area contributed by atoms with Crippen molar-refractivity contribution in [1.82, 2.24) is 4.98 Å². The zero-order valence-electron chi connectivity index (χ0n) is 9.93. The highest BCUT2D eigenvalue weighted by molar-refractivity contribution is 6.07. The number of carbonyl (C=O) groups excluding carboxylic acids is 1. The maximum atomic E-state index is 12.2. The fourth-order valence-electron chi connectivity index (χ4n) is 2.03. The number of carbonyl (C=O) groups is 1. The summed E-state index contributed by atoms with van der Waals surface area (Å²) < 4.78 is 5.38. The molecule has 0 N–H and O–H groups in total. The number of pyridine rings is 1. The summed E-state index contributed by atoms with van der Waals surface area (Å²) in [6.45, 7) is 0.616. The highest BCUT2D eigenvalue weighted by Gasteiger charge is 2.17. The van der Waals surface area contributed by atoms with E-state index in [1.165, 1.54) is 0 Å². The Labute approximate surface area is 105 Å². The first-order valence-corrected chi connectivity index (χ1v) is 6.08. The Hall–Kier alpha value is -2.16. The molecular weight excluding hydrogens is 226 g/mol. The largest absolute Gasteiger partial charge is 0.490 e. The molecule has 1 aromatic carbocycles. The number of ether oxygens (including phenoxy) is 1. The molecule has 2 aromatic rings. The molecule has 18 heavy (non-hydrogen) atoms. The molecule has 3 rings (SSSR count). The Balaban J connectivity index is 1.98. The molecule has 0 amide bonds. The van der Waals surface area contributed by atoms with Gasteiger partial charge in [0.05, 0.1) is 12.1 Å². The predicted octanol–water partition coefficient (Wildman–Crippen LogP) is 3.11. The van der Waals surface area contributed by atoms with Gasteiger partial charge in [0.25, 0.3) is 0 Å². The van der Waals surface area contributed by atoms with E-state index in [2.05, 4.69) is 4.98 Å². The second kappa shape index (κ2) is 4.61. The first kappa shape index (κ1) is 11.0. The zero-order valence-corrected chi connectivity index (χ0v) is 9.93. The van der Waals surface area contributed by atoms with Crippen LogP contribution in [-0.2, 0) is 4.74 Å². The summed E-state index contributed by atoms with van der Waals surface area (Å²) >= 11 is 0. The van der Waals surface area contributed by atoms with Crippen molar-refractivity contribution in [2.45, 2.75) is 12.8 Å². The summed E-state index contributed by atoms with van der Waals surface area (Å²) in [6.07, 6.45) is 3.72. The van der Waals surface area contributed by atoms with Gasteiger partial charge in [-0.25, -0.2) is 4.98 Å². The zero-order chi connectivity index (χ0) is 12.4. The summed E-state index contributed by atoms with van der Waals surface area (Å²) in [5.74, 6) is 0.310. The molecule has 0 aliphatic carbocycles. The van der Waals surface area contributed by atoms with Crippen LogP contribution in [0, 0.1) is 0 Å². The maximum absolute atomic E-state index is 12.2. The van der Waals surface area contributed by atoms with E-state index in [4.69, 9.17) is 4.74 Å². The lowest BCUT2D eigenvalue weighted by molar-refractivity contribution is 0.0894. The lowest BCUT2D eigenvalue weighted by atomic mass is 10.1. The maximum Gasteiger partial charge on any atom is 0.245 e. The fraction of sp³-hybridized carbons (Fsp3) is 0.200. The Kier molecular flexibility index (Phi) is 2.81. The predicted molar refractivity (Wildman–Crippen MR) is 69.3 cm³/mol. The Morgan fingerprint density at radius 1 is 1.17 bits per heavy atom. The smallest absolute Gasteiger partial charge is 0.245 e. The van der Waals surface area contributed by atoms with E-state index in [-0.39, 0.29) is 5.78 Å². The van der Waals surface area contributed by atoms with Gasteiger partial charge in [0, 0.05) is 5.39 Å². The molecule has 1 aliphatic heterocycles. The van der Waals surface area contributed by atoms with Crippen LogP contribution in [0.1, 0.15) is 23.3 Å². The lowest BCUT2D eigenvalue weighted by Crippen LogP contribution is -2.12. The van der Waals surface area contributed by atoms with Crippen LogP contribution in [0.5, 0.6) is 0 Å². The summed E-state index contributed by atoms with van der Waals surface area (Å²) in [5.41, 5.74) is 1.28. The van der Waals surface area contributed by atoms with Crippen molar-refractivity contribution in [3.63, 3.8) is 0 Å². The number of allylic oxidation sites excluding steroid dienone is 2. The van der Waals surface area contributed by atoms with Gasteiger partial charge in [0.1, 0.15) is 5.69 Å². The van der Waals surface area contributed by atoms with Crippen LogP contribution in [-0.4, -0.2) is 17.4 Å². The van der Waals surface area contributed by atoms with Crippen LogP contribution in [0.15, 0.2) is 48.2 Å². The lowest BCUT2D eigenvalue weighted by Gasteiger charge is -2.13. The molecule has 1 aromatic heterocycles. The molecule has 0 spiro atoms. The topological polar surface area (TPSA) is 39.2 Å². The first-order valence-electron chi connectivity index (χ1n) is 6.08. The molecule has 1 aliphatic rings. The molecule has 3 heteroatoms. The minimum absolute atomic E-state index is 0.125. The number of aromatic nitrogens is 1. The first-order chi connectivity index (χ1) is 8.84. The fourth-order valence-corrected chi connectivity index (χ4v) is 2.03. The van der Waals surface area contributed by atoms with E-state index in [1.54, 1.807) is 6.07 Å². The van der Waals surface area contributed by atoms with Gasteiger partial charge in [-0.15, -0.1) is 0 Å². The van der Waals surface area contributed by atoms with Crippen LogP contribution in [0.25, 0.3) is 10.9 Å². The van der Waals surface area contributed by atoms with Gasteiger partial charge in [-0.3, -0.25) is 4.79 Å². The minimum atomic E-state index is -0.125. The van der Waals surface area contributed by atoms with Crippen molar-refractivity contribution in [1.29, 1.82) is 0 Å². The number of Topliss-reactive ketones (excluding diaryl/α,β-unsaturated/α-hetero) is 1. The molecule has 3 nitrogen and oxygen atoms in total. The van der Waals surface area contributed by atoms with E-state index >= 15 is 0 Å². The number of hydrogen-bond acceptors (Lipinski definition) is 3. The van der Waals surface area contributed by atoms with Crippen molar-refractivity contribution in [2.24, 2.45) is 0 Å². The molecule has 0 radical (unpaired) electrons. The number of fused-ring (bicyclic) bond motifs is 1. The third kappa shape index (κ3) is 1.99. The van der Waals surface area contributed by atoms with Crippen LogP contribution in [0.2, 0.25) is 0 Å². The highest BCUT2D eigenvalue weighted by atomic mass is 16.5. The monoisotopic (exact) mass is 239 g/mol. The number of ketones is 1. The molecule has 2 heterocycles. The van der Waals surface area contributed by atoms with Crippen molar-refractivity contribution in [3.05, 3.63) is 53.9 Å². The summed E-state index contributed by atoms with van der Waals surface area (Å²) in [7, 11) is 0. The molecule has 0 fully saturated rings. The summed E-state index contributed by atoms with van der Waals surface area (Å²) in [6, 6.07) is 11.4. The second-order valence-corrected chi connectivity index (χ2v) is 4.28. The SMILES string of the molecule is O=C(C1=CCCCO1)c1ccc2ccccc2n1. The van der Waals surface area contributed by atoms with Crippen LogP contribution < -0.4 is 0 Å². The van der Waals surface area contributed by atoms with Crippen LogP contribution in [0.4, 0.5) is 0 Å². The number of rotatable bonds is 2. The van der Waals surface area contributed by atoms with Gasteiger partial charge in [-0.2, -0.15) is 0 Å². The van der Waals surface area contributed by atoms with E-state index in [0.717, 1.165) is 23.7 Å². The number of benzene rings is 1. The average Bonchev–Trinajstić information content (AvgIpc) is 2.47. The molecule has 0 unspecified atom stereocenters. The average molecular weight is 239 g/mol. The standard InChI is InChI=1S/C15H13NO2/c17-15(14-7-3-4-10-18-14)13-9-8-11-5-1-2-6-12(11)16-13/h1-2,5-9H,3-4,10H2. The van der Waals surface area contributed by atoms with E-state index in [9.17, 15) is 4.79 Å². The van der Waals surface area contributed by atoms with Gasteiger partial charge in [-0.1, -0.05) is 24.3 Å². The van der Waals surface area contributed by atoms with Crippen molar-refractivity contribution >= 4 is 16.7 Å². The van der Waals surface area contributed by atoms with Gasteiger partial charge >= 0.3 is 0 Å². The normalized spacial score (nSPS) is 15.0. The van der Waals surface area contributed by atoms with Gasteiger partial charge in [0.2, 0.25) is 5.78 Å². The summed E-state index contributed by atoms with van der Waals surface area (Å²) in [5, 5.41) is 1.03. The van der Waals surface area contributed by atoms with E-state index < -0.39 is 0 Å². The quantitative estimate of drug-likeness (QED) is 0.756. The van der Waals surface area contributed by atoms with Gasteiger partial charge in [-0.05, 0) is 31.1 Å². The van der Waals surface area contributed by atoms with E-state index in [0.29, 0.717) is 18.1 Å². The van der Waals surface area contributed by atoms with Crippen LogP contribution in [0.3, 0.4) is 0 Å². The second-order valence-electron chi connectivity index (χ2n) is 4.28. The number of para-hydroxylation sites is 1. The van der Waals surface area contributed by atoms with Crippen molar-refractivity contribution < 1.29 is 9.53 Å². The van der Waals surface area contributed by atoms with Gasteiger partial charge < -0.3 is 4.74 Å². The number of nitrogens with zero attached hydrogens (tertiary/aromatic N) is 1. The molecule has 0 saturated carbocycles. The van der Waals surface area contributed by atoms with E-state index in [1.807, 2.05) is 36.4 Å². The Morgan fingerprint density at radius 2 is 2.06 bits per heavy atom. The van der Waals surface area contributed by atoms with Crippen LogP contribution >= 0.6 is 0 Å². The minimum Gasteiger partial charge on any atom is -0.490 e. The molecule has 0 bridgehead atoms. The molecular formula is C15H13NO2. The third-order valence-electron chi connectivity index (χ3n) is 2.99. The third-order valence-corrected chi connectivity index (χ3v) is 2.99. The Morgan fingerprint density at radius 3 is 2.89 bits per heavy atom. The van der Waals surface area contributed by atoms with Crippen molar-refractivity contribution in [3.8, 4) is 0 Å². The molecule has 90 valence electrons. The highest BCUT2D eigenvalue weighted by Crippen LogP contribution is 2.17. The molecule has 0 saturated heterocycles. The molecule has 0 atom stereocenters. The Bertz CT molecular complexity index is 631. The number of hydrogen-bond donors (Lipinski definition) is 0. The van der Waals surface area contributed by atoms with Crippen molar-refractivity contribution in [2.75, 3.05) is 6.61 Å². The summed E-state index contributed by atoms with van der Waals surface area (Å²) in [4.78, 5) is 16.6.